The highest BCUT2D eigenvalue weighted by Crippen LogP contribution is 2.65. The van der Waals surface area contributed by atoms with Crippen molar-refractivity contribution in [1.29, 1.82) is 0 Å². The maximum absolute atomic E-state index is 2.74. The summed E-state index contributed by atoms with van der Waals surface area (Å²) in [6.45, 7) is 26.1. The predicted octanol–water partition coefficient (Wildman–Crippen LogP) is 16.0. The number of fused-ring (bicyclic) bond motifs is 7. The van der Waals surface area contributed by atoms with Gasteiger partial charge in [0.2, 0.25) is 0 Å². The molecular formula is C66H66BN3. The average molecular weight is 912 g/mol. The van der Waals surface area contributed by atoms with Gasteiger partial charge in [-0.2, -0.15) is 0 Å². The normalized spacial score (nSPS) is 19.0. The van der Waals surface area contributed by atoms with Crippen LogP contribution in [0.25, 0.3) is 22.3 Å². The Kier molecular flexibility index (Phi) is 9.75. The summed E-state index contributed by atoms with van der Waals surface area (Å²) in [5.41, 5.74) is 24.0. The van der Waals surface area contributed by atoms with Gasteiger partial charge in [-0.15, -0.1) is 0 Å². The third-order valence-corrected chi connectivity index (χ3v) is 17.0. The van der Waals surface area contributed by atoms with Crippen LogP contribution in [-0.2, 0) is 21.7 Å². The minimum absolute atomic E-state index is 0.0153. The van der Waals surface area contributed by atoms with Crippen molar-refractivity contribution in [3.8, 4) is 22.3 Å². The van der Waals surface area contributed by atoms with Crippen LogP contribution in [0.5, 0.6) is 0 Å². The summed E-state index contributed by atoms with van der Waals surface area (Å²) in [5.74, 6) is 0. The fourth-order valence-corrected chi connectivity index (χ4v) is 12.6. The van der Waals surface area contributed by atoms with Gasteiger partial charge in [-0.25, -0.2) is 0 Å². The summed E-state index contributed by atoms with van der Waals surface area (Å²) in [7, 11) is 0. The smallest absolute Gasteiger partial charge is 0.252 e. The van der Waals surface area contributed by atoms with Crippen LogP contribution < -0.4 is 31.1 Å². The number of hydrogen-bond donors (Lipinski definition) is 0. The third kappa shape index (κ3) is 6.54. The van der Waals surface area contributed by atoms with Crippen LogP contribution in [0.4, 0.5) is 45.5 Å². The van der Waals surface area contributed by atoms with Crippen molar-refractivity contribution in [2.24, 2.45) is 0 Å². The van der Waals surface area contributed by atoms with Gasteiger partial charge in [-0.3, -0.25) is 0 Å². The van der Waals surface area contributed by atoms with Crippen LogP contribution in [0.1, 0.15) is 111 Å². The van der Waals surface area contributed by atoms with Crippen molar-refractivity contribution in [2.45, 2.75) is 116 Å². The quantitative estimate of drug-likeness (QED) is 0.159. The molecule has 0 N–H and O–H groups in total. The molecule has 8 aromatic carbocycles. The second-order valence-corrected chi connectivity index (χ2v) is 24.2. The van der Waals surface area contributed by atoms with Gasteiger partial charge in [0.05, 0.1) is 16.9 Å². The zero-order valence-electron chi connectivity index (χ0n) is 43.1. The van der Waals surface area contributed by atoms with E-state index in [2.05, 4.69) is 267 Å². The molecule has 0 aromatic heterocycles. The molecule has 0 saturated heterocycles. The summed E-state index contributed by atoms with van der Waals surface area (Å²) in [6, 6.07) is 67.8. The Morgan fingerprint density at radius 1 is 0.400 bits per heavy atom. The molecule has 348 valence electrons. The minimum atomic E-state index is -0.0967. The van der Waals surface area contributed by atoms with Gasteiger partial charge >= 0.3 is 0 Å². The van der Waals surface area contributed by atoms with Gasteiger partial charge in [0.1, 0.15) is 0 Å². The third-order valence-electron chi connectivity index (χ3n) is 17.0. The fraction of sp³-hybridized carbons (Fsp3) is 0.273. The molecule has 8 aromatic rings. The van der Waals surface area contributed by atoms with Crippen molar-refractivity contribution in [3.63, 3.8) is 0 Å². The van der Waals surface area contributed by atoms with Crippen LogP contribution in [0.15, 0.2) is 176 Å². The molecule has 1 aliphatic carbocycles. The molecule has 2 unspecified atom stereocenters. The lowest BCUT2D eigenvalue weighted by molar-refractivity contribution is 0.133. The number of nitrogens with zero attached hydrogens (tertiary/aromatic N) is 3. The van der Waals surface area contributed by atoms with Gasteiger partial charge < -0.3 is 14.7 Å². The summed E-state index contributed by atoms with van der Waals surface area (Å²) in [6.07, 6.45) is 2.30. The molecule has 0 spiro atoms. The Morgan fingerprint density at radius 2 is 0.843 bits per heavy atom. The molecule has 3 aliphatic heterocycles. The van der Waals surface area contributed by atoms with Gasteiger partial charge in [0.15, 0.2) is 0 Å². The zero-order valence-corrected chi connectivity index (χ0v) is 43.1. The molecule has 0 radical (unpaired) electrons. The van der Waals surface area contributed by atoms with Crippen molar-refractivity contribution >= 4 is 68.6 Å². The molecule has 4 heteroatoms. The van der Waals surface area contributed by atoms with E-state index >= 15 is 0 Å². The van der Waals surface area contributed by atoms with Crippen molar-refractivity contribution < 1.29 is 0 Å². The number of para-hydroxylation sites is 2. The molecule has 70 heavy (non-hydrogen) atoms. The van der Waals surface area contributed by atoms with Gasteiger partial charge in [0.25, 0.3) is 6.71 Å². The molecule has 4 aliphatic rings. The lowest BCUT2D eigenvalue weighted by atomic mass is 9.33. The Labute approximate surface area is 417 Å². The van der Waals surface area contributed by atoms with Crippen LogP contribution in [0.3, 0.4) is 0 Å². The van der Waals surface area contributed by atoms with E-state index in [1.54, 1.807) is 0 Å². The summed E-state index contributed by atoms with van der Waals surface area (Å²) >= 11 is 0. The molecule has 1 saturated carbocycles. The van der Waals surface area contributed by atoms with E-state index in [1.165, 1.54) is 113 Å². The van der Waals surface area contributed by atoms with Gasteiger partial charge in [0, 0.05) is 50.7 Å². The second-order valence-electron chi connectivity index (χ2n) is 24.2. The molecule has 1 fully saturated rings. The molecule has 3 heterocycles. The largest absolute Gasteiger partial charge is 0.334 e. The van der Waals surface area contributed by atoms with Crippen molar-refractivity contribution in [2.75, 3.05) is 14.7 Å². The molecule has 0 bridgehead atoms. The van der Waals surface area contributed by atoms with E-state index in [0.29, 0.717) is 0 Å². The first kappa shape index (κ1) is 44.4. The Bertz CT molecular complexity index is 3370. The minimum Gasteiger partial charge on any atom is -0.334 e. The molecule has 12 rings (SSSR count). The maximum Gasteiger partial charge on any atom is 0.252 e. The lowest BCUT2D eigenvalue weighted by Crippen LogP contribution is -2.62. The topological polar surface area (TPSA) is 9.72 Å². The van der Waals surface area contributed by atoms with E-state index in [0.717, 1.165) is 6.42 Å². The molecular weight excluding hydrogens is 846 g/mol. The number of rotatable bonds is 5. The first-order chi connectivity index (χ1) is 33.4. The van der Waals surface area contributed by atoms with Crippen LogP contribution in [-0.4, -0.2) is 12.3 Å². The average Bonchev–Trinajstić information content (AvgIpc) is 3.47. The predicted molar refractivity (Wildman–Crippen MR) is 301 cm³/mol. The molecule has 3 nitrogen and oxygen atoms in total. The SMILES string of the molecule is CC(C)(C)c1ccc2c(c1)B1c3ccccc3N(c3ccc(C(C)(C)C)cc3-c3ccccc3)c3cc(N4c5ccccc5C5(C)CCC45C)cc(c31)N2c1ccc(C(C)(C)C)cc1-c1ccccc1. The van der Waals surface area contributed by atoms with Crippen LogP contribution in [0, 0.1) is 0 Å². The monoisotopic (exact) mass is 912 g/mol. The van der Waals surface area contributed by atoms with Gasteiger partial charge in [-0.05, 0) is 140 Å². The highest BCUT2D eigenvalue weighted by atomic mass is 15.3. The Balaban J connectivity index is 1.23. The zero-order chi connectivity index (χ0) is 48.7. The van der Waals surface area contributed by atoms with E-state index in [4.69, 9.17) is 0 Å². The van der Waals surface area contributed by atoms with E-state index < -0.39 is 0 Å². The summed E-state index contributed by atoms with van der Waals surface area (Å²) in [5, 5.41) is 0. The van der Waals surface area contributed by atoms with Crippen LogP contribution in [0.2, 0.25) is 0 Å². The van der Waals surface area contributed by atoms with E-state index in [1.807, 2.05) is 0 Å². The van der Waals surface area contributed by atoms with Gasteiger partial charge in [-0.1, -0.05) is 191 Å². The highest BCUT2D eigenvalue weighted by molar-refractivity contribution is 7.00. The van der Waals surface area contributed by atoms with E-state index in [-0.39, 0.29) is 33.9 Å². The second kappa shape index (κ2) is 15.4. The maximum atomic E-state index is 2.74. The highest BCUT2D eigenvalue weighted by Gasteiger charge is 2.63. The van der Waals surface area contributed by atoms with Crippen molar-refractivity contribution in [3.05, 3.63) is 198 Å². The Hall–Kier alpha value is -6.78. The lowest BCUT2D eigenvalue weighted by Gasteiger charge is -2.56. The van der Waals surface area contributed by atoms with E-state index in [9.17, 15) is 0 Å². The first-order valence-electron chi connectivity index (χ1n) is 25.7. The Morgan fingerprint density at radius 3 is 1.34 bits per heavy atom. The first-order valence-corrected chi connectivity index (χ1v) is 25.7. The fourth-order valence-electron chi connectivity index (χ4n) is 12.6. The summed E-state index contributed by atoms with van der Waals surface area (Å²) < 4.78 is 0. The number of benzene rings is 8. The van der Waals surface area contributed by atoms with Crippen molar-refractivity contribution in [1.82, 2.24) is 0 Å². The summed E-state index contributed by atoms with van der Waals surface area (Å²) in [4.78, 5) is 8.05. The molecule has 2 atom stereocenters. The molecule has 0 amide bonds. The standard InChI is InChI=1S/C66H66BN3/c1-62(2,3)45-30-33-54(49(38-45)43-22-14-12-15-23-43)68-57-29-21-19-27-52(57)67-53-40-47(64(7,8)9)32-35-58(53)69(55-34-31-46(63(4,5)6)39-50(55)44-24-16-13-17-25-44)60-42-48(41-59(68)61(60)67)70-56-28-20-18-26-51(56)65(10)36-37-66(65,70)11/h12-35,38-42H,36-37H2,1-11H3. The number of anilines is 8. The van der Waals surface area contributed by atoms with Crippen LogP contribution >= 0.6 is 0 Å². The number of hydrogen-bond acceptors (Lipinski definition) is 3.